The van der Waals surface area contributed by atoms with Crippen molar-refractivity contribution in [3.63, 3.8) is 0 Å². The van der Waals surface area contributed by atoms with Crippen LogP contribution in [-0.2, 0) is 0 Å². The van der Waals surface area contributed by atoms with Crippen LogP contribution in [0.2, 0.25) is 0 Å². The Balaban J connectivity index is 1.15. The van der Waals surface area contributed by atoms with Gasteiger partial charge in [0.2, 0.25) is 0 Å². The highest BCUT2D eigenvalue weighted by molar-refractivity contribution is 6.22. The quantitative estimate of drug-likeness (QED) is 0.169. The molecule has 238 valence electrons. The van der Waals surface area contributed by atoms with E-state index >= 15 is 0 Å². The lowest BCUT2D eigenvalue weighted by Gasteiger charge is -2.20. The zero-order chi connectivity index (χ0) is 33.7. The number of furan rings is 1. The molecule has 51 heavy (non-hydrogen) atoms. The van der Waals surface area contributed by atoms with Crippen molar-refractivity contribution in [2.75, 3.05) is 0 Å². The van der Waals surface area contributed by atoms with Gasteiger partial charge < -0.3 is 4.42 Å². The normalized spacial score (nSPS) is 11.5. The third-order valence-corrected chi connectivity index (χ3v) is 10.3. The molecule has 1 heterocycles. The van der Waals surface area contributed by atoms with E-state index in [9.17, 15) is 0 Å². The van der Waals surface area contributed by atoms with Gasteiger partial charge in [-0.1, -0.05) is 182 Å². The molecule has 0 aliphatic rings. The Kier molecular flexibility index (Phi) is 6.89. The Labute approximate surface area is 296 Å². The Hall–Kier alpha value is -6.70. The predicted octanol–water partition coefficient (Wildman–Crippen LogP) is 14.2. The lowest BCUT2D eigenvalue weighted by Crippen LogP contribution is -1.93. The van der Waals surface area contributed by atoms with Crippen molar-refractivity contribution in [3.05, 3.63) is 194 Å². The molecule has 0 radical (unpaired) electrons. The predicted molar refractivity (Wildman–Crippen MR) is 216 cm³/mol. The van der Waals surface area contributed by atoms with Gasteiger partial charge in [0.15, 0.2) is 0 Å². The molecule has 10 aromatic rings. The summed E-state index contributed by atoms with van der Waals surface area (Å²) in [6, 6.07) is 69.9. The second kappa shape index (κ2) is 12.0. The Morgan fingerprint density at radius 2 is 0.667 bits per heavy atom. The molecule has 1 aromatic heterocycles. The van der Waals surface area contributed by atoms with E-state index in [4.69, 9.17) is 4.42 Å². The topological polar surface area (TPSA) is 13.1 Å². The first kappa shape index (κ1) is 29.2. The second-order valence-corrected chi connectivity index (χ2v) is 13.2. The van der Waals surface area contributed by atoms with Crippen molar-refractivity contribution >= 4 is 43.5 Å². The summed E-state index contributed by atoms with van der Waals surface area (Å²) in [4.78, 5) is 0. The van der Waals surface area contributed by atoms with Crippen molar-refractivity contribution in [1.82, 2.24) is 0 Å². The molecule has 0 spiro atoms. The summed E-state index contributed by atoms with van der Waals surface area (Å²) in [5.74, 6) is 0. The standard InChI is InChI=1S/C50H32O/c1-2-15-33(16-3-1)37-18-5-7-20-39(37)49-43-23-10-8-21-41(43)48(42-22-9-11-24-44(42)49)35-31-29-34(30-32-35)36-17-4-6-19-38(36)40-26-14-28-47-50(40)45-25-12-13-27-46(45)51-47/h1-32H. The Bertz CT molecular complexity index is 2840. The van der Waals surface area contributed by atoms with Crippen LogP contribution in [0, 0.1) is 0 Å². The van der Waals surface area contributed by atoms with Gasteiger partial charge in [0.25, 0.3) is 0 Å². The lowest BCUT2D eigenvalue weighted by molar-refractivity contribution is 0.669. The summed E-state index contributed by atoms with van der Waals surface area (Å²) in [5, 5.41) is 7.31. The molecule has 0 saturated heterocycles. The molecule has 0 aliphatic carbocycles. The van der Waals surface area contributed by atoms with Crippen molar-refractivity contribution in [2.45, 2.75) is 0 Å². The molecular weight excluding hydrogens is 617 g/mol. The fraction of sp³-hybridized carbons (Fsp3) is 0. The summed E-state index contributed by atoms with van der Waals surface area (Å²) >= 11 is 0. The molecule has 0 N–H and O–H groups in total. The maximum atomic E-state index is 6.26. The Morgan fingerprint density at radius 1 is 0.235 bits per heavy atom. The monoisotopic (exact) mass is 648 g/mol. The van der Waals surface area contributed by atoms with Crippen LogP contribution in [0.4, 0.5) is 0 Å². The van der Waals surface area contributed by atoms with Crippen LogP contribution in [0.25, 0.3) is 99.1 Å². The van der Waals surface area contributed by atoms with Crippen LogP contribution in [0.15, 0.2) is 199 Å². The highest BCUT2D eigenvalue weighted by Gasteiger charge is 2.19. The van der Waals surface area contributed by atoms with Crippen LogP contribution in [0.3, 0.4) is 0 Å². The molecule has 10 rings (SSSR count). The number of fused-ring (bicyclic) bond motifs is 5. The highest BCUT2D eigenvalue weighted by atomic mass is 16.3. The van der Waals surface area contributed by atoms with Gasteiger partial charge in [-0.15, -0.1) is 0 Å². The molecule has 0 saturated carbocycles. The smallest absolute Gasteiger partial charge is 0.136 e. The first-order valence-corrected chi connectivity index (χ1v) is 17.5. The van der Waals surface area contributed by atoms with E-state index in [0.29, 0.717) is 0 Å². The van der Waals surface area contributed by atoms with Crippen LogP contribution >= 0.6 is 0 Å². The van der Waals surface area contributed by atoms with Crippen LogP contribution < -0.4 is 0 Å². The van der Waals surface area contributed by atoms with Gasteiger partial charge in [0, 0.05) is 10.8 Å². The first-order chi connectivity index (χ1) is 25.3. The third-order valence-electron chi connectivity index (χ3n) is 10.3. The van der Waals surface area contributed by atoms with Crippen LogP contribution in [0.5, 0.6) is 0 Å². The number of hydrogen-bond acceptors (Lipinski definition) is 1. The summed E-state index contributed by atoms with van der Waals surface area (Å²) < 4.78 is 6.26. The maximum Gasteiger partial charge on any atom is 0.136 e. The van der Waals surface area contributed by atoms with Crippen molar-refractivity contribution < 1.29 is 4.42 Å². The largest absolute Gasteiger partial charge is 0.456 e. The summed E-state index contributed by atoms with van der Waals surface area (Å²) in [6.07, 6.45) is 0. The number of benzene rings is 9. The third kappa shape index (κ3) is 4.78. The molecule has 1 heteroatoms. The van der Waals surface area contributed by atoms with Crippen molar-refractivity contribution in [1.29, 1.82) is 0 Å². The van der Waals surface area contributed by atoms with E-state index in [-0.39, 0.29) is 0 Å². The molecule has 0 atom stereocenters. The van der Waals surface area contributed by atoms with E-state index in [1.54, 1.807) is 0 Å². The van der Waals surface area contributed by atoms with Crippen LogP contribution in [0.1, 0.15) is 0 Å². The molecule has 9 aromatic carbocycles. The van der Waals surface area contributed by atoms with Gasteiger partial charge >= 0.3 is 0 Å². The van der Waals surface area contributed by atoms with Gasteiger partial charge in [-0.3, -0.25) is 0 Å². The zero-order valence-corrected chi connectivity index (χ0v) is 27.9. The highest BCUT2D eigenvalue weighted by Crippen LogP contribution is 2.47. The van der Waals surface area contributed by atoms with E-state index in [1.807, 2.05) is 12.1 Å². The van der Waals surface area contributed by atoms with Gasteiger partial charge in [-0.2, -0.15) is 0 Å². The number of rotatable bonds is 5. The van der Waals surface area contributed by atoms with Gasteiger partial charge in [-0.05, 0) is 89.3 Å². The van der Waals surface area contributed by atoms with E-state index in [0.717, 1.165) is 21.9 Å². The summed E-state index contributed by atoms with van der Waals surface area (Å²) in [6.45, 7) is 0. The summed E-state index contributed by atoms with van der Waals surface area (Å²) in [5.41, 5.74) is 14.0. The van der Waals surface area contributed by atoms with E-state index < -0.39 is 0 Å². The molecule has 1 nitrogen and oxygen atoms in total. The fourth-order valence-corrected chi connectivity index (χ4v) is 8.09. The van der Waals surface area contributed by atoms with Gasteiger partial charge in [0.1, 0.15) is 11.2 Å². The van der Waals surface area contributed by atoms with Crippen molar-refractivity contribution in [2.24, 2.45) is 0 Å². The Morgan fingerprint density at radius 3 is 1.33 bits per heavy atom. The van der Waals surface area contributed by atoms with E-state index in [2.05, 4.69) is 182 Å². The van der Waals surface area contributed by atoms with Crippen LogP contribution in [-0.4, -0.2) is 0 Å². The number of para-hydroxylation sites is 1. The molecule has 0 fully saturated rings. The minimum Gasteiger partial charge on any atom is -0.456 e. The van der Waals surface area contributed by atoms with Crippen molar-refractivity contribution in [3.8, 4) is 55.6 Å². The van der Waals surface area contributed by atoms with Gasteiger partial charge in [-0.25, -0.2) is 0 Å². The first-order valence-electron chi connectivity index (χ1n) is 17.5. The molecule has 0 aliphatic heterocycles. The molecule has 0 amide bonds. The molecular formula is C50H32O. The molecule has 0 unspecified atom stereocenters. The fourth-order valence-electron chi connectivity index (χ4n) is 8.09. The SMILES string of the molecule is c1ccc(-c2ccccc2-c2c3ccccc3c(-c3ccc(-c4ccccc4-c4cccc5oc6ccccc6c45)cc3)c3ccccc23)cc1. The summed E-state index contributed by atoms with van der Waals surface area (Å²) in [7, 11) is 0. The maximum absolute atomic E-state index is 6.26. The minimum absolute atomic E-state index is 0.910. The average molecular weight is 649 g/mol. The van der Waals surface area contributed by atoms with Gasteiger partial charge in [0.05, 0.1) is 0 Å². The minimum atomic E-state index is 0.910. The van der Waals surface area contributed by atoms with E-state index in [1.165, 1.54) is 77.2 Å². The lowest BCUT2D eigenvalue weighted by atomic mass is 9.83. The average Bonchev–Trinajstić information content (AvgIpc) is 3.59. The second-order valence-electron chi connectivity index (χ2n) is 13.2. The molecule has 0 bridgehead atoms. The zero-order valence-electron chi connectivity index (χ0n) is 27.9. The number of hydrogen-bond donors (Lipinski definition) is 0.